The van der Waals surface area contributed by atoms with Gasteiger partial charge in [0.1, 0.15) is 5.69 Å². The van der Waals surface area contributed by atoms with Gasteiger partial charge in [0.25, 0.3) is 5.91 Å². The predicted octanol–water partition coefficient (Wildman–Crippen LogP) is 4.45. The van der Waals surface area contributed by atoms with E-state index in [9.17, 15) is 4.79 Å². The summed E-state index contributed by atoms with van der Waals surface area (Å²) in [6.45, 7) is 5.81. The van der Waals surface area contributed by atoms with Crippen LogP contribution in [0.5, 0.6) is 0 Å². The number of aromatic nitrogens is 1. The number of rotatable bonds is 8. The first-order valence-electron chi connectivity index (χ1n) is 11.3. The van der Waals surface area contributed by atoms with Crippen molar-refractivity contribution >= 4 is 11.8 Å². The topological polar surface area (TPSA) is 52.8 Å². The maximum absolute atomic E-state index is 13.5. The highest BCUT2D eigenvalue weighted by Crippen LogP contribution is 2.34. The first-order chi connectivity index (χ1) is 15.5. The van der Waals surface area contributed by atoms with Crippen molar-refractivity contribution in [3.63, 3.8) is 0 Å². The summed E-state index contributed by atoms with van der Waals surface area (Å²) in [7, 11) is 4.05. The van der Waals surface area contributed by atoms with Gasteiger partial charge in [0.2, 0.25) is 5.88 Å². The van der Waals surface area contributed by atoms with Gasteiger partial charge in [-0.15, -0.1) is 0 Å². The summed E-state index contributed by atoms with van der Waals surface area (Å²) in [5, 5.41) is 4.46. The molecule has 2 aromatic carbocycles. The van der Waals surface area contributed by atoms with E-state index in [4.69, 9.17) is 4.52 Å². The smallest absolute Gasteiger partial charge is 0.254 e. The van der Waals surface area contributed by atoms with Crippen molar-refractivity contribution in [2.45, 2.75) is 26.3 Å². The molecule has 0 unspecified atom stereocenters. The van der Waals surface area contributed by atoms with Crippen molar-refractivity contribution in [3.05, 3.63) is 71.3 Å². The zero-order chi connectivity index (χ0) is 22.5. The fourth-order valence-corrected chi connectivity index (χ4v) is 4.08. The van der Waals surface area contributed by atoms with E-state index in [2.05, 4.69) is 15.0 Å². The second-order valence-electron chi connectivity index (χ2n) is 8.77. The van der Waals surface area contributed by atoms with Crippen LogP contribution in [0.25, 0.3) is 11.3 Å². The molecule has 1 fully saturated rings. The molecule has 2 heterocycles. The summed E-state index contributed by atoms with van der Waals surface area (Å²) in [6, 6.07) is 17.9. The zero-order valence-corrected chi connectivity index (χ0v) is 19.3. The number of benzene rings is 2. The van der Waals surface area contributed by atoms with Crippen molar-refractivity contribution in [2.75, 3.05) is 45.2 Å². The lowest BCUT2D eigenvalue weighted by atomic mass is 10.1. The highest BCUT2D eigenvalue weighted by molar-refractivity contribution is 5.94. The molecule has 1 amide bonds. The van der Waals surface area contributed by atoms with Crippen molar-refractivity contribution in [1.29, 1.82) is 0 Å². The van der Waals surface area contributed by atoms with Crippen LogP contribution in [0.2, 0.25) is 0 Å². The minimum Gasteiger partial charge on any atom is -0.340 e. The minimum absolute atomic E-state index is 0.0273. The van der Waals surface area contributed by atoms with Crippen LogP contribution in [0.1, 0.15) is 34.3 Å². The average Bonchev–Trinajstić information content (AvgIpc) is 3.47. The van der Waals surface area contributed by atoms with Crippen LogP contribution in [0, 0.1) is 6.92 Å². The Bertz CT molecular complexity index is 1020. The van der Waals surface area contributed by atoms with E-state index in [0.29, 0.717) is 18.7 Å². The Labute approximate surface area is 190 Å². The molecule has 6 heteroatoms. The molecule has 6 nitrogen and oxygen atoms in total. The molecule has 1 aromatic heterocycles. The van der Waals surface area contributed by atoms with E-state index < -0.39 is 0 Å². The van der Waals surface area contributed by atoms with E-state index in [-0.39, 0.29) is 5.91 Å². The number of nitrogens with zero attached hydrogens (tertiary/aromatic N) is 4. The number of amides is 1. The predicted molar refractivity (Wildman–Crippen MR) is 128 cm³/mol. The second-order valence-corrected chi connectivity index (χ2v) is 8.77. The SMILES string of the molecule is Cc1ccc(C(=O)N(CCN(C)C)Cc2c(-c3ccccc3)noc2N2CCCC2)cc1. The molecular formula is C26H32N4O2. The highest BCUT2D eigenvalue weighted by Gasteiger charge is 2.28. The molecule has 1 aliphatic rings. The molecule has 0 N–H and O–H groups in total. The van der Waals surface area contributed by atoms with Gasteiger partial charge in [-0.05, 0) is 46.0 Å². The lowest BCUT2D eigenvalue weighted by molar-refractivity contribution is 0.0732. The minimum atomic E-state index is 0.0273. The van der Waals surface area contributed by atoms with Crippen LogP contribution in [0.3, 0.4) is 0 Å². The monoisotopic (exact) mass is 432 g/mol. The average molecular weight is 433 g/mol. The molecule has 32 heavy (non-hydrogen) atoms. The van der Waals surface area contributed by atoms with Crippen LogP contribution in [-0.2, 0) is 6.54 Å². The third kappa shape index (κ3) is 5.02. The molecule has 0 spiro atoms. The van der Waals surface area contributed by atoms with Gasteiger partial charge in [0.05, 0.1) is 12.1 Å². The van der Waals surface area contributed by atoms with Crippen molar-refractivity contribution in [1.82, 2.24) is 15.0 Å². The van der Waals surface area contributed by atoms with Crippen LogP contribution >= 0.6 is 0 Å². The summed E-state index contributed by atoms with van der Waals surface area (Å²) >= 11 is 0. The Morgan fingerprint density at radius 1 is 1.00 bits per heavy atom. The maximum Gasteiger partial charge on any atom is 0.254 e. The quantitative estimate of drug-likeness (QED) is 0.526. The Kier molecular flexibility index (Phi) is 6.90. The molecule has 0 aliphatic carbocycles. The maximum atomic E-state index is 13.5. The molecule has 0 bridgehead atoms. The first kappa shape index (κ1) is 22.1. The Balaban J connectivity index is 1.70. The van der Waals surface area contributed by atoms with Crippen LogP contribution < -0.4 is 4.90 Å². The van der Waals surface area contributed by atoms with Gasteiger partial charge in [-0.25, -0.2) is 0 Å². The van der Waals surface area contributed by atoms with Crippen LogP contribution in [-0.4, -0.2) is 61.1 Å². The molecule has 3 aromatic rings. The number of hydrogen-bond donors (Lipinski definition) is 0. The number of aryl methyl sites for hydroxylation is 1. The van der Waals surface area contributed by atoms with Crippen molar-refractivity contribution in [3.8, 4) is 11.3 Å². The standard InChI is InChI=1S/C26H32N4O2/c1-20-11-13-22(14-12-20)25(31)30(18-17-28(2)3)19-23-24(21-9-5-4-6-10-21)27-32-26(23)29-15-7-8-16-29/h4-6,9-14H,7-8,15-19H2,1-3H3. The second kappa shape index (κ2) is 10.0. The first-order valence-corrected chi connectivity index (χ1v) is 11.3. The summed E-state index contributed by atoms with van der Waals surface area (Å²) in [5.41, 5.74) is 4.65. The zero-order valence-electron chi connectivity index (χ0n) is 19.3. The largest absolute Gasteiger partial charge is 0.340 e. The highest BCUT2D eigenvalue weighted by atomic mass is 16.5. The molecule has 1 aliphatic heterocycles. The number of anilines is 1. The molecule has 0 atom stereocenters. The Morgan fingerprint density at radius 3 is 2.34 bits per heavy atom. The van der Waals surface area contributed by atoms with Gasteiger partial charge in [0.15, 0.2) is 0 Å². The summed E-state index contributed by atoms with van der Waals surface area (Å²) in [5.74, 6) is 0.826. The lowest BCUT2D eigenvalue weighted by Crippen LogP contribution is -2.36. The third-order valence-electron chi connectivity index (χ3n) is 5.96. The van der Waals surface area contributed by atoms with Gasteiger partial charge < -0.3 is 19.2 Å². The lowest BCUT2D eigenvalue weighted by Gasteiger charge is -2.26. The van der Waals surface area contributed by atoms with E-state index in [0.717, 1.165) is 60.7 Å². The van der Waals surface area contributed by atoms with Crippen LogP contribution in [0.15, 0.2) is 59.1 Å². The normalized spacial score (nSPS) is 13.7. The summed E-state index contributed by atoms with van der Waals surface area (Å²) in [4.78, 5) is 19.8. The summed E-state index contributed by atoms with van der Waals surface area (Å²) < 4.78 is 5.89. The fraction of sp³-hybridized carbons (Fsp3) is 0.385. The van der Waals surface area contributed by atoms with Gasteiger partial charge in [0, 0.05) is 37.3 Å². The molecule has 0 radical (unpaired) electrons. The number of carbonyl (C=O) groups excluding carboxylic acids is 1. The van der Waals surface area contributed by atoms with E-state index in [1.165, 1.54) is 0 Å². The van der Waals surface area contributed by atoms with Gasteiger partial charge in [-0.1, -0.05) is 53.2 Å². The summed E-state index contributed by atoms with van der Waals surface area (Å²) in [6.07, 6.45) is 2.29. The van der Waals surface area contributed by atoms with Gasteiger partial charge in [-0.2, -0.15) is 0 Å². The van der Waals surface area contributed by atoms with Crippen molar-refractivity contribution < 1.29 is 9.32 Å². The van der Waals surface area contributed by atoms with E-state index >= 15 is 0 Å². The molecule has 1 saturated heterocycles. The molecule has 168 valence electrons. The van der Waals surface area contributed by atoms with Gasteiger partial charge in [-0.3, -0.25) is 4.79 Å². The van der Waals surface area contributed by atoms with Crippen LogP contribution in [0.4, 0.5) is 5.88 Å². The number of carbonyl (C=O) groups is 1. The molecule has 0 saturated carbocycles. The van der Waals surface area contributed by atoms with E-state index in [1.807, 2.05) is 80.5 Å². The van der Waals surface area contributed by atoms with Crippen molar-refractivity contribution in [2.24, 2.45) is 0 Å². The number of hydrogen-bond acceptors (Lipinski definition) is 5. The third-order valence-corrected chi connectivity index (χ3v) is 5.96. The number of likely N-dealkylation sites (N-methyl/N-ethyl adjacent to an activating group) is 1. The Morgan fingerprint density at radius 2 is 1.69 bits per heavy atom. The van der Waals surface area contributed by atoms with Gasteiger partial charge >= 0.3 is 0 Å². The molecule has 4 rings (SSSR count). The molecular weight excluding hydrogens is 400 g/mol. The van der Waals surface area contributed by atoms with E-state index in [1.54, 1.807) is 0 Å². The fourth-order valence-electron chi connectivity index (χ4n) is 4.08. The Hall–Kier alpha value is -3.12.